The van der Waals surface area contributed by atoms with Crippen molar-refractivity contribution in [3.8, 4) is 11.5 Å². The number of amides is 2. The fraction of sp³-hybridized carbons (Fsp3) is 0.444. The molecule has 0 spiro atoms. The fourth-order valence-corrected chi connectivity index (χ4v) is 2.08. The molecule has 6 nitrogen and oxygen atoms in total. The average Bonchev–Trinajstić information content (AvgIpc) is 3.03. The summed E-state index contributed by atoms with van der Waals surface area (Å²) < 4.78 is 5.71. The number of benzene rings is 1. The second-order valence-electron chi connectivity index (χ2n) is 6.29. The number of oxazole rings is 1. The van der Waals surface area contributed by atoms with Crippen molar-refractivity contribution >= 4 is 11.7 Å². The molecule has 2 rings (SSSR count). The maximum Gasteiger partial charge on any atom is 0.321 e. The van der Waals surface area contributed by atoms with Gasteiger partial charge in [-0.1, -0.05) is 13.8 Å². The molecule has 0 fully saturated rings. The Bertz CT molecular complexity index is 662. The molecule has 0 saturated heterocycles. The van der Waals surface area contributed by atoms with E-state index in [-0.39, 0.29) is 6.03 Å². The van der Waals surface area contributed by atoms with Crippen molar-refractivity contribution in [2.75, 3.05) is 18.9 Å². The standard InChI is InChI=1S/C18H25N3O3/c1-12(2)16-11-19-17(24-16)14-5-7-15(8-6-14)20-18(23)21(4)10-9-13(3)22/h5-8,11-13,22H,9-10H2,1-4H3,(H,20,23). The third-order valence-electron chi connectivity index (χ3n) is 3.70. The van der Waals surface area contributed by atoms with Crippen LogP contribution in [-0.4, -0.2) is 40.7 Å². The molecule has 1 heterocycles. The lowest BCUT2D eigenvalue weighted by Crippen LogP contribution is -2.33. The molecule has 0 saturated carbocycles. The maximum atomic E-state index is 12.1. The van der Waals surface area contributed by atoms with Crippen LogP contribution in [0.25, 0.3) is 11.5 Å². The molecule has 1 atom stereocenters. The molecule has 2 aromatic rings. The van der Waals surface area contributed by atoms with Crippen molar-refractivity contribution < 1.29 is 14.3 Å². The molecule has 0 aliphatic carbocycles. The molecule has 130 valence electrons. The van der Waals surface area contributed by atoms with Gasteiger partial charge in [0, 0.05) is 30.8 Å². The Labute approximate surface area is 142 Å². The fourth-order valence-electron chi connectivity index (χ4n) is 2.08. The number of rotatable bonds is 6. The summed E-state index contributed by atoms with van der Waals surface area (Å²) in [6.45, 7) is 6.31. The van der Waals surface area contributed by atoms with Gasteiger partial charge in [-0.3, -0.25) is 0 Å². The number of anilines is 1. The van der Waals surface area contributed by atoms with Gasteiger partial charge in [-0.2, -0.15) is 0 Å². The molecular formula is C18H25N3O3. The van der Waals surface area contributed by atoms with E-state index in [0.29, 0.717) is 30.5 Å². The van der Waals surface area contributed by atoms with Gasteiger partial charge in [0.1, 0.15) is 5.76 Å². The van der Waals surface area contributed by atoms with E-state index in [4.69, 9.17) is 4.42 Å². The normalized spacial score (nSPS) is 12.2. The van der Waals surface area contributed by atoms with Crippen molar-refractivity contribution in [1.29, 1.82) is 0 Å². The molecule has 24 heavy (non-hydrogen) atoms. The minimum absolute atomic E-state index is 0.207. The largest absolute Gasteiger partial charge is 0.441 e. The average molecular weight is 331 g/mol. The van der Waals surface area contributed by atoms with Gasteiger partial charge in [-0.05, 0) is 37.6 Å². The van der Waals surface area contributed by atoms with E-state index in [1.54, 1.807) is 25.1 Å². The Morgan fingerprint density at radius 2 is 1.96 bits per heavy atom. The number of aliphatic hydroxyl groups excluding tert-OH is 1. The van der Waals surface area contributed by atoms with Crippen LogP contribution in [0.4, 0.5) is 10.5 Å². The first-order valence-electron chi connectivity index (χ1n) is 8.13. The topological polar surface area (TPSA) is 78.6 Å². The molecule has 0 radical (unpaired) electrons. The Morgan fingerprint density at radius 3 is 2.50 bits per heavy atom. The van der Waals surface area contributed by atoms with E-state index >= 15 is 0 Å². The molecule has 1 aromatic heterocycles. The predicted octanol–water partition coefficient (Wildman–Crippen LogP) is 3.70. The maximum absolute atomic E-state index is 12.1. The summed E-state index contributed by atoms with van der Waals surface area (Å²) in [7, 11) is 1.70. The van der Waals surface area contributed by atoms with E-state index in [0.717, 1.165) is 11.3 Å². The summed E-state index contributed by atoms with van der Waals surface area (Å²) in [6, 6.07) is 7.15. The van der Waals surface area contributed by atoms with E-state index < -0.39 is 6.10 Å². The SMILES string of the molecule is CC(O)CCN(C)C(=O)Nc1ccc(-c2ncc(C(C)C)o2)cc1. The Kier molecular flexibility index (Phi) is 5.98. The van der Waals surface area contributed by atoms with Crippen molar-refractivity contribution in [2.24, 2.45) is 0 Å². The van der Waals surface area contributed by atoms with Crippen LogP contribution < -0.4 is 5.32 Å². The second-order valence-corrected chi connectivity index (χ2v) is 6.29. The van der Waals surface area contributed by atoms with Crippen LogP contribution in [0.3, 0.4) is 0 Å². The van der Waals surface area contributed by atoms with Crippen molar-refractivity contribution in [1.82, 2.24) is 9.88 Å². The summed E-state index contributed by atoms with van der Waals surface area (Å²) in [5, 5.41) is 12.1. The van der Waals surface area contributed by atoms with E-state index in [9.17, 15) is 9.90 Å². The summed E-state index contributed by atoms with van der Waals surface area (Å²) >= 11 is 0. The van der Waals surface area contributed by atoms with Crippen LogP contribution in [0.5, 0.6) is 0 Å². The summed E-state index contributed by atoms with van der Waals surface area (Å²) in [5.41, 5.74) is 1.56. The molecule has 1 aromatic carbocycles. The highest BCUT2D eigenvalue weighted by atomic mass is 16.4. The highest BCUT2D eigenvalue weighted by molar-refractivity contribution is 5.89. The van der Waals surface area contributed by atoms with Crippen molar-refractivity contribution in [2.45, 2.75) is 39.2 Å². The molecule has 0 bridgehead atoms. The van der Waals surface area contributed by atoms with Crippen molar-refractivity contribution in [3.63, 3.8) is 0 Å². The highest BCUT2D eigenvalue weighted by Crippen LogP contribution is 2.24. The van der Waals surface area contributed by atoms with Gasteiger partial charge < -0.3 is 19.7 Å². The molecule has 2 N–H and O–H groups in total. The zero-order chi connectivity index (χ0) is 17.7. The Morgan fingerprint density at radius 1 is 1.29 bits per heavy atom. The third kappa shape index (κ3) is 4.83. The molecule has 1 unspecified atom stereocenters. The monoisotopic (exact) mass is 331 g/mol. The van der Waals surface area contributed by atoms with Crippen LogP contribution >= 0.6 is 0 Å². The lowest BCUT2D eigenvalue weighted by molar-refractivity contribution is 0.167. The van der Waals surface area contributed by atoms with E-state index in [1.807, 2.05) is 24.3 Å². The lowest BCUT2D eigenvalue weighted by Gasteiger charge is -2.18. The zero-order valence-electron chi connectivity index (χ0n) is 14.6. The molecule has 0 aliphatic rings. The number of hydrogen-bond donors (Lipinski definition) is 2. The van der Waals surface area contributed by atoms with Gasteiger partial charge in [0.05, 0.1) is 12.3 Å². The number of hydrogen-bond acceptors (Lipinski definition) is 4. The van der Waals surface area contributed by atoms with Crippen LogP contribution in [-0.2, 0) is 0 Å². The van der Waals surface area contributed by atoms with E-state index in [1.165, 1.54) is 0 Å². The van der Waals surface area contributed by atoms with Crippen LogP contribution in [0.1, 0.15) is 38.9 Å². The molecule has 2 amide bonds. The van der Waals surface area contributed by atoms with Gasteiger partial charge in [-0.25, -0.2) is 9.78 Å². The van der Waals surface area contributed by atoms with E-state index in [2.05, 4.69) is 24.1 Å². The number of carbonyl (C=O) groups is 1. The first-order chi connectivity index (χ1) is 11.4. The smallest absolute Gasteiger partial charge is 0.321 e. The molecule has 6 heteroatoms. The lowest BCUT2D eigenvalue weighted by atomic mass is 10.2. The quantitative estimate of drug-likeness (QED) is 0.846. The number of carbonyl (C=O) groups excluding carboxylic acids is 1. The van der Waals surface area contributed by atoms with Crippen molar-refractivity contribution in [3.05, 3.63) is 36.2 Å². The minimum atomic E-state index is -0.420. The number of aliphatic hydroxyl groups is 1. The summed E-state index contributed by atoms with van der Waals surface area (Å²) in [6.07, 6.45) is 1.87. The zero-order valence-corrected chi connectivity index (χ0v) is 14.6. The van der Waals surface area contributed by atoms with Crippen LogP contribution in [0.2, 0.25) is 0 Å². The first kappa shape index (κ1) is 18.0. The molecule has 0 aliphatic heterocycles. The number of urea groups is 1. The number of nitrogens with one attached hydrogen (secondary N) is 1. The second kappa shape index (κ2) is 7.97. The van der Waals surface area contributed by atoms with Crippen LogP contribution in [0.15, 0.2) is 34.9 Å². The number of nitrogens with zero attached hydrogens (tertiary/aromatic N) is 2. The predicted molar refractivity (Wildman–Crippen MR) is 94.0 cm³/mol. The Balaban J connectivity index is 1.97. The Hall–Kier alpha value is -2.34. The first-order valence-corrected chi connectivity index (χ1v) is 8.13. The van der Waals surface area contributed by atoms with Gasteiger partial charge in [0.2, 0.25) is 5.89 Å². The summed E-state index contributed by atoms with van der Waals surface area (Å²) in [5.74, 6) is 1.72. The third-order valence-corrected chi connectivity index (χ3v) is 3.70. The van der Waals surface area contributed by atoms with Gasteiger partial charge in [-0.15, -0.1) is 0 Å². The molecular weight excluding hydrogens is 306 g/mol. The van der Waals surface area contributed by atoms with Crippen LogP contribution in [0, 0.1) is 0 Å². The van der Waals surface area contributed by atoms with Gasteiger partial charge in [0.15, 0.2) is 0 Å². The highest BCUT2D eigenvalue weighted by Gasteiger charge is 2.11. The van der Waals surface area contributed by atoms with Gasteiger partial charge in [0.25, 0.3) is 0 Å². The number of aromatic nitrogens is 1. The minimum Gasteiger partial charge on any atom is -0.441 e. The summed E-state index contributed by atoms with van der Waals surface area (Å²) in [4.78, 5) is 17.9. The van der Waals surface area contributed by atoms with Gasteiger partial charge >= 0.3 is 6.03 Å².